The molecule has 272 valence electrons. The number of rotatable bonds is 2. The number of H-pyrrole nitrogens is 2. The van der Waals surface area contributed by atoms with Crippen LogP contribution >= 0.6 is 0 Å². The average molecular weight is 705 g/mol. The van der Waals surface area contributed by atoms with E-state index in [-0.39, 0.29) is 23.9 Å². The molecule has 14 heteroatoms. The number of likely N-dealkylation sites (tertiary alicyclic amines) is 4. The predicted molar refractivity (Wildman–Crippen MR) is 198 cm³/mol. The van der Waals surface area contributed by atoms with Crippen molar-refractivity contribution in [3.05, 3.63) is 61.0 Å². The van der Waals surface area contributed by atoms with Crippen LogP contribution in [0.15, 0.2) is 49.3 Å². The van der Waals surface area contributed by atoms with E-state index in [4.69, 9.17) is 9.97 Å². The first-order chi connectivity index (χ1) is 25.4. The number of carbonyl (C=O) groups is 2. The molecule has 10 heterocycles. The second-order valence-electron chi connectivity index (χ2n) is 15.3. The summed E-state index contributed by atoms with van der Waals surface area (Å²) in [7, 11) is 0. The summed E-state index contributed by atoms with van der Waals surface area (Å²) in [6, 6.07) is 4.49. The summed E-state index contributed by atoms with van der Waals surface area (Å²) in [6.45, 7) is 11.3. The minimum Gasteiger partial charge on any atom is -0.345 e. The van der Waals surface area contributed by atoms with E-state index in [1.807, 2.05) is 68.9 Å². The molecule has 4 atom stereocenters. The van der Waals surface area contributed by atoms with E-state index in [0.717, 1.165) is 136 Å². The van der Waals surface area contributed by atoms with Gasteiger partial charge in [-0.2, -0.15) is 0 Å². The topological polar surface area (TPSA) is 139 Å². The van der Waals surface area contributed by atoms with Gasteiger partial charge in [-0.1, -0.05) is 13.8 Å². The Morgan fingerprint density at radius 3 is 1.40 bits per heavy atom. The fourth-order valence-corrected chi connectivity index (χ4v) is 8.90. The van der Waals surface area contributed by atoms with Crippen LogP contribution in [-0.4, -0.2) is 123 Å². The van der Waals surface area contributed by atoms with Crippen molar-refractivity contribution in [1.82, 2.24) is 58.3 Å². The number of aromatic amines is 2. The number of urea groups is 2. The van der Waals surface area contributed by atoms with Gasteiger partial charge in [-0.15, -0.1) is 0 Å². The van der Waals surface area contributed by atoms with Crippen molar-refractivity contribution in [1.29, 1.82) is 0 Å². The number of nitrogens with one attached hydrogen (secondary N) is 2. The first-order valence-electron chi connectivity index (χ1n) is 19.1. The van der Waals surface area contributed by atoms with Crippen LogP contribution in [-0.2, 0) is 0 Å². The third-order valence-electron chi connectivity index (χ3n) is 12.0. The minimum atomic E-state index is 0.203. The number of piperidine rings is 2. The molecular weight excluding hydrogens is 656 g/mol. The molecule has 4 fully saturated rings. The molecule has 6 aromatic rings. The number of amides is 4. The molecule has 4 amide bonds. The van der Waals surface area contributed by atoms with Crippen molar-refractivity contribution in [2.45, 2.75) is 64.2 Å². The van der Waals surface area contributed by atoms with Crippen molar-refractivity contribution >= 4 is 45.4 Å². The molecule has 52 heavy (non-hydrogen) atoms. The summed E-state index contributed by atoms with van der Waals surface area (Å²) >= 11 is 0. The average Bonchev–Trinajstić information content (AvgIpc) is 4.02. The highest BCUT2D eigenvalue weighted by Gasteiger charge is 2.36. The Bertz CT molecular complexity index is 2060. The lowest BCUT2D eigenvalue weighted by atomic mass is 9.86. The van der Waals surface area contributed by atoms with Crippen LogP contribution in [0.2, 0.25) is 0 Å². The maximum atomic E-state index is 12.9. The van der Waals surface area contributed by atoms with E-state index in [1.54, 1.807) is 0 Å². The zero-order valence-electron chi connectivity index (χ0n) is 30.1. The lowest BCUT2D eigenvalue weighted by Gasteiger charge is -2.38. The van der Waals surface area contributed by atoms with Gasteiger partial charge in [0.15, 0.2) is 11.3 Å². The second kappa shape index (κ2) is 13.4. The van der Waals surface area contributed by atoms with Gasteiger partial charge >= 0.3 is 12.1 Å². The van der Waals surface area contributed by atoms with Crippen LogP contribution in [0.25, 0.3) is 33.4 Å². The number of hydrogen-bond donors (Lipinski definition) is 2. The summed E-state index contributed by atoms with van der Waals surface area (Å²) in [6.07, 6.45) is 17.9. The van der Waals surface area contributed by atoms with E-state index >= 15 is 0 Å². The van der Waals surface area contributed by atoms with Crippen LogP contribution in [0.1, 0.15) is 75.9 Å². The maximum Gasteiger partial charge on any atom is 0.320 e. The van der Waals surface area contributed by atoms with Gasteiger partial charge in [0.1, 0.15) is 11.6 Å². The molecule has 4 aliphatic rings. The molecular formula is C38H48N12O2. The van der Waals surface area contributed by atoms with Gasteiger partial charge in [0.05, 0.1) is 46.9 Å². The Labute approximate surface area is 302 Å². The highest BCUT2D eigenvalue weighted by atomic mass is 16.2. The number of carbonyl (C=O) groups excluding carboxylic acids is 2. The molecule has 0 aliphatic carbocycles. The number of imidazole rings is 2. The maximum absolute atomic E-state index is 12.9. The molecule has 0 bridgehead atoms. The van der Waals surface area contributed by atoms with Gasteiger partial charge in [-0.25, -0.2) is 29.5 Å². The molecule has 0 unspecified atom stereocenters. The van der Waals surface area contributed by atoms with E-state index in [2.05, 4.69) is 42.6 Å². The van der Waals surface area contributed by atoms with E-state index in [1.165, 1.54) is 0 Å². The number of hydrogen-bond acceptors (Lipinski definition) is 6. The molecule has 0 saturated carbocycles. The van der Waals surface area contributed by atoms with Gasteiger partial charge < -0.3 is 29.6 Å². The second-order valence-corrected chi connectivity index (χ2v) is 15.3. The van der Waals surface area contributed by atoms with Crippen LogP contribution < -0.4 is 0 Å². The molecule has 6 aromatic heterocycles. The lowest BCUT2D eigenvalue weighted by molar-refractivity contribution is 0.131. The van der Waals surface area contributed by atoms with Gasteiger partial charge in [0.2, 0.25) is 0 Å². The largest absolute Gasteiger partial charge is 0.345 e. The fourth-order valence-electron chi connectivity index (χ4n) is 8.90. The summed E-state index contributed by atoms with van der Waals surface area (Å²) in [4.78, 5) is 58.6. The third-order valence-corrected chi connectivity index (χ3v) is 12.0. The lowest BCUT2D eigenvalue weighted by Crippen LogP contribution is -2.48. The van der Waals surface area contributed by atoms with Crippen molar-refractivity contribution in [2.75, 3.05) is 52.4 Å². The zero-order valence-corrected chi connectivity index (χ0v) is 30.1. The molecule has 4 saturated heterocycles. The van der Waals surface area contributed by atoms with Crippen LogP contribution in [0.3, 0.4) is 0 Å². The summed E-state index contributed by atoms with van der Waals surface area (Å²) in [5, 5.41) is 0. The first kappa shape index (κ1) is 32.7. The highest BCUT2D eigenvalue weighted by molar-refractivity contribution is 5.77. The van der Waals surface area contributed by atoms with Gasteiger partial charge in [-0.05, 0) is 62.5 Å². The number of aromatic nitrogens is 8. The normalized spacial score (nSPS) is 24.0. The molecule has 2 N–H and O–H groups in total. The number of nitrogens with zero attached hydrogens (tertiary/aromatic N) is 10. The Morgan fingerprint density at radius 2 is 0.981 bits per heavy atom. The van der Waals surface area contributed by atoms with E-state index in [9.17, 15) is 9.59 Å². The van der Waals surface area contributed by atoms with Crippen molar-refractivity contribution < 1.29 is 9.59 Å². The zero-order chi connectivity index (χ0) is 35.3. The standard InChI is InChI=1S/2C19H24N6O/c2*1-13-5-9-24(19(26)23-7-2-3-8-23)12-15(13)18-22-11-14-10-21-17-16(25(14)18)4-6-20-17/h2*4,6,10-11,13,15,20H,2-3,5,7-9,12H2,1H3/t2*13-,15+/m10/s1. The quantitative estimate of drug-likeness (QED) is 0.237. The monoisotopic (exact) mass is 704 g/mol. The highest BCUT2D eigenvalue weighted by Crippen LogP contribution is 2.35. The first-order valence-corrected chi connectivity index (χ1v) is 19.1. The van der Waals surface area contributed by atoms with Gasteiger partial charge in [-0.3, -0.25) is 8.80 Å². The Morgan fingerprint density at radius 1 is 0.577 bits per heavy atom. The number of fused-ring (bicyclic) bond motifs is 6. The van der Waals surface area contributed by atoms with E-state index < -0.39 is 0 Å². The summed E-state index contributed by atoms with van der Waals surface area (Å²) in [5.74, 6) is 3.53. The predicted octanol–water partition coefficient (Wildman–Crippen LogP) is 5.70. The molecule has 0 radical (unpaired) electrons. The fraction of sp³-hybridized carbons (Fsp3) is 0.526. The van der Waals surface area contributed by atoms with Crippen LogP contribution in [0.5, 0.6) is 0 Å². The van der Waals surface area contributed by atoms with E-state index in [0.29, 0.717) is 11.8 Å². The Balaban J connectivity index is 0.000000138. The van der Waals surface area contributed by atoms with Gasteiger partial charge in [0.25, 0.3) is 0 Å². The SMILES string of the molecule is C[C@@H]1CCN(C(=O)N2CCCC2)C[C@@H]1c1ncc2cnc3[nH]ccc3n12.C[C@H]1CCN(C(=O)N2CCCC2)C[C@H]1c1ncc2cnc3[nH]ccc3n12. The molecule has 0 aromatic carbocycles. The Kier molecular flexibility index (Phi) is 8.46. The molecule has 10 rings (SSSR count). The smallest absolute Gasteiger partial charge is 0.320 e. The van der Waals surface area contributed by atoms with Crippen molar-refractivity contribution in [3.8, 4) is 0 Å². The molecule has 0 spiro atoms. The molecule has 14 nitrogen and oxygen atoms in total. The Hall–Kier alpha value is -5.14. The third kappa shape index (κ3) is 5.72. The van der Waals surface area contributed by atoms with Crippen molar-refractivity contribution in [2.24, 2.45) is 11.8 Å². The molecule has 4 aliphatic heterocycles. The van der Waals surface area contributed by atoms with Gasteiger partial charge in [0, 0.05) is 76.6 Å². The summed E-state index contributed by atoms with van der Waals surface area (Å²) < 4.78 is 4.40. The van der Waals surface area contributed by atoms with Crippen LogP contribution in [0, 0.1) is 11.8 Å². The minimum absolute atomic E-state index is 0.203. The van der Waals surface area contributed by atoms with Crippen LogP contribution in [0.4, 0.5) is 9.59 Å². The van der Waals surface area contributed by atoms with Crippen molar-refractivity contribution in [3.63, 3.8) is 0 Å². The summed E-state index contributed by atoms with van der Waals surface area (Å²) in [5.41, 5.74) is 5.83.